The van der Waals surface area contributed by atoms with Gasteiger partial charge in [0, 0.05) is 12.1 Å². The van der Waals surface area contributed by atoms with Crippen molar-refractivity contribution in [2.75, 3.05) is 12.8 Å². The van der Waals surface area contributed by atoms with E-state index in [1.54, 1.807) is 26.2 Å². The van der Waals surface area contributed by atoms with Crippen LogP contribution in [0.2, 0.25) is 0 Å². The van der Waals surface area contributed by atoms with Crippen LogP contribution in [-0.4, -0.2) is 7.11 Å². The maximum absolute atomic E-state index is 13.6. The fourth-order valence-corrected chi connectivity index (χ4v) is 3.09. The van der Waals surface area contributed by atoms with Gasteiger partial charge in [-0.2, -0.15) is 0 Å². The maximum atomic E-state index is 13.6. The second kappa shape index (κ2) is 8.35. The number of ether oxygens (including phenoxy) is 1. The molecule has 0 radical (unpaired) electrons. The first-order chi connectivity index (χ1) is 13.4. The van der Waals surface area contributed by atoms with Gasteiger partial charge in [0.15, 0.2) is 0 Å². The van der Waals surface area contributed by atoms with Crippen LogP contribution in [0.5, 0.6) is 5.75 Å². The van der Waals surface area contributed by atoms with Gasteiger partial charge in [0.1, 0.15) is 23.2 Å². The van der Waals surface area contributed by atoms with Crippen LogP contribution < -0.4 is 15.8 Å². The Kier molecular flexibility index (Phi) is 5.90. The third-order valence-electron chi connectivity index (χ3n) is 4.60. The number of halogens is 3. The van der Waals surface area contributed by atoms with E-state index in [0.29, 0.717) is 11.3 Å². The van der Waals surface area contributed by atoms with E-state index >= 15 is 0 Å². The van der Waals surface area contributed by atoms with Crippen LogP contribution >= 0.6 is 0 Å². The Hall–Kier alpha value is -2.99. The Balaban J connectivity index is 1.98. The Morgan fingerprint density at radius 2 is 1.43 bits per heavy atom. The number of anilines is 1. The Morgan fingerprint density at radius 3 is 2.00 bits per heavy atom. The summed E-state index contributed by atoms with van der Waals surface area (Å²) in [5.74, 6) is -1.09. The zero-order valence-electron chi connectivity index (χ0n) is 15.5. The zero-order chi connectivity index (χ0) is 20.3. The predicted octanol–water partition coefficient (Wildman–Crippen LogP) is 5.13. The molecule has 3 aromatic carbocycles. The van der Waals surface area contributed by atoms with Crippen molar-refractivity contribution < 1.29 is 17.9 Å². The number of benzene rings is 3. The fourth-order valence-electron chi connectivity index (χ4n) is 3.09. The molecule has 6 heteroatoms. The van der Waals surface area contributed by atoms with Crippen molar-refractivity contribution in [3.63, 3.8) is 0 Å². The molecule has 0 aliphatic carbocycles. The molecule has 2 atom stereocenters. The van der Waals surface area contributed by atoms with E-state index in [1.165, 1.54) is 18.2 Å². The monoisotopic (exact) mass is 386 g/mol. The lowest BCUT2D eigenvalue weighted by molar-refractivity contribution is 0.414. The molecule has 1 unspecified atom stereocenters. The molecule has 3 rings (SSSR count). The minimum Gasteiger partial charge on any atom is -0.497 e. The third kappa shape index (κ3) is 4.46. The van der Waals surface area contributed by atoms with Gasteiger partial charge in [-0.3, -0.25) is 5.32 Å². The smallest absolute Gasteiger partial charge is 0.146 e. The van der Waals surface area contributed by atoms with E-state index in [1.807, 2.05) is 24.3 Å². The van der Waals surface area contributed by atoms with Crippen LogP contribution in [0.3, 0.4) is 0 Å². The molecule has 0 amide bonds. The van der Waals surface area contributed by atoms with E-state index < -0.39 is 17.5 Å². The average molecular weight is 386 g/mol. The number of methoxy groups -OCH3 is 1. The Morgan fingerprint density at radius 1 is 0.821 bits per heavy atom. The summed E-state index contributed by atoms with van der Waals surface area (Å²) in [6, 6.07) is 14.5. The summed E-state index contributed by atoms with van der Waals surface area (Å²) in [5, 5.41) is 3.35. The normalized spacial score (nSPS) is 13.2. The molecule has 0 spiro atoms. The van der Waals surface area contributed by atoms with Crippen molar-refractivity contribution in [1.82, 2.24) is 5.32 Å². The van der Waals surface area contributed by atoms with Crippen molar-refractivity contribution in [3.05, 3.63) is 94.8 Å². The summed E-state index contributed by atoms with van der Waals surface area (Å²) in [4.78, 5) is 0. The zero-order valence-corrected chi connectivity index (χ0v) is 15.5. The highest BCUT2D eigenvalue weighted by molar-refractivity contribution is 5.46. The van der Waals surface area contributed by atoms with Gasteiger partial charge in [-0.05, 0) is 60.0 Å². The highest BCUT2D eigenvalue weighted by Gasteiger charge is 2.19. The molecule has 0 saturated carbocycles. The van der Waals surface area contributed by atoms with Crippen LogP contribution in [0.1, 0.15) is 35.7 Å². The van der Waals surface area contributed by atoms with Crippen molar-refractivity contribution in [1.29, 1.82) is 0 Å². The van der Waals surface area contributed by atoms with E-state index in [0.717, 1.165) is 17.2 Å². The van der Waals surface area contributed by atoms with Crippen LogP contribution in [0.15, 0.2) is 60.7 Å². The lowest BCUT2D eigenvalue weighted by atomic mass is 9.96. The quantitative estimate of drug-likeness (QED) is 0.577. The highest BCUT2D eigenvalue weighted by atomic mass is 19.1. The second-order valence-corrected chi connectivity index (χ2v) is 6.58. The Labute approximate surface area is 162 Å². The molecule has 28 heavy (non-hydrogen) atoms. The van der Waals surface area contributed by atoms with Crippen molar-refractivity contribution >= 4 is 5.69 Å². The van der Waals surface area contributed by atoms with E-state index in [4.69, 9.17) is 10.5 Å². The first-order valence-corrected chi connectivity index (χ1v) is 8.78. The third-order valence-corrected chi connectivity index (χ3v) is 4.60. The van der Waals surface area contributed by atoms with Gasteiger partial charge in [-0.1, -0.05) is 18.2 Å². The average Bonchev–Trinajstić information content (AvgIpc) is 2.67. The number of rotatable bonds is 6. The molecule has 0 fully saturated rings. The lowest BCUT2D eigenvalue weighted by Crippen LogP contribution is -2.26. The molecule has 0 aliphatic rings. The summed E-state index contributed by atoms with van der Waals surface area (Å²) < 4.78 is 46.1. The minimum atomic E-state index is -0.643. The molecule has 0 aliphatic heterocycles. The summed E-state index contributed by atoms with van der Waals surface area (Å²) >= 11 is 0. The molecule has 0 bridgehead atoms. The molecule has 0 saturated heterocycles. The van der Waals surface area contributed by atoms with Crippen molar-refractivity contribution in [2.24, 2.45) is 0 Å². The number of nitrogen functional groups attached to an aromatic ring is 1. The maximum Gasteiger partial charge on any atom is 0.146 e. The molecule has 146 valence electrons. The standard InChI is InChI=1S/C22H21F3N2O/c1-13(16-9-17(23)12-18(24)10-16)27-22(14-3-6-19(28-2)7-4-14)15-5-8-20(25)21(26)11-15/h3-13,22,27H,26H2,1-2H3/t13-,22?/m1/s1. The topological polar surface area (TPSA) is 47.3 Å². The summed E-state index contributed by atoms with van der Waals surface area (Å²) in [5.41, 5.74) is 7.84. The minimum absolute atomic E-state index is 0.0299. The molecular formula is C22H21F3N2O. The summed E-state index contributed by atoms with van der Waals surface area (Å²) in [6.45, 7) is 1.80. The first-order valence-electron chi connectivity index (χ1n) is 8.78. The van der Waals surface area contributed by atoms with Crippen molar-refractivity contribution in [2.45, 2.75) is 19.0 Å². The van der Waals surface area contributed by atoms with Gasteiger partial charge in [0.2, 0.25) is 0 Å². The number of nitrogens with one attached hydrogen (secondary N) is 1. The number of hydrogen-bond acceptors (Lipinski definition) is 3. The molecule has 3 nitrogen and oxygen atoms in total. The van der Waals surface area contributed by atoms with Gasteiger partial charge in [0.25, 0.3) is 0 Å². The van der Waals surface area contributed by atoms with Gasteiger partial charge >= 0.3 is 0 Å². The van der Waals surface area contributed by atoms with Gasteiger partial charge in [-0.15, -0.1) is 0 Å². The molecule has 0 aromatic heterocycles. The Bertz CT molecular complexity index is 940. The lowest BCUT2D eigenvalue weighted by Gasteiger charge is -2.25. The van der Waals surface area contributed by atoms with E-state index in [9.17, 15) is 13.2 Å². The SMILES string of the molecule is COc1ccc(C(N[C@H](C)c2cc(F)cc(F)c2)c2ccc(F)c(N)c2)cc1. The van der Waals surface area contributed by atoms with Gasteiger partial charge < -0.3 is 10.5 Å². The van der Waals surface area contributed by atoms with Gasteiger partial charge in [0.05, 0.1) is 18.8 Å². The molecule has 3 aromatic rings. The predicted molar refractivity (Wildman–Crippen MR) is 104 cm³/mol. The largest absolute Gasteiger partial charge is 0.497 e. The van der Waals surface area contributed by atoms with Crippen LogP contribution in [0, 0.1) is 17.5 Å². The van der Waals surface area contributed by atoms with Gasteiger partial charge in [-0.25, -0.2) is 13.2 Å². The fraction of sp³-hybridized carbons (Fsp3) is 0.182. The van der Waals surface area contributed by atoms with Crippen molar-refractivity contribution in [3.8, 4) is 5.75 Å². The number of hydrogen-bond donors (Lipinski definition) is 2. The van der Waals surface area contributed by atoms with E-state index in [-0.39, 0.29) is 17.8 Å². The van der Waals surface area contributed by atoms with E-state index in [2.05, 4.69) is 5.32 Å². The highest BCUT2D eigenvalue weighted by Crippen LogP contribution is 2.29. The van der Waals surface area contributed by atoms with Crippen LogP contribution in [-0.2, 0) is 0 Å². The second-order valence-electron chi connectivity index (χ2n) is 6.58. The van der Waals surface area contributed by atoms with Crippen LogP contribution in [0.4, 0.5) is 18.9 Å². The molecule has 3 N–H and O–H groups in total. The summed E-state index contributed by atoms with van der Waals surface area (Å²) in [6.07, 6.45) is 0. The number of nitrogens with two attached hydrogens (primary N) is 1. The summed E-state index contributed by atoms with van der Waals surface area (Å²) in [7, 11) is 1.58. The molecular weight excluding hydrogens is 365 g/mol. The molecule has 0 heterocycles. The van der Waals surface area contributed by atoms with Crippen LogP contribution in [0.25, 0.3) is 0 Å². The first kappa shape index (κ1) is 19.8.